The highest BCUT2D eigenvalue weighted by molar-refractivity contribution is 9.10. The molecule has 2 heterocycles. The lowest BCUT2D eigenvalue weighted by atomic mass is 10.1. The topological polar surface area (TPSA) is 59.5 Å². The van der Waals surface area contributed by atoms with Crippen LogP contribution in [0.1, 0.15) is 24.1 Å². The van der Waals surface area contributed by atoms with Gasteiger partial charge in [-0.3, -0.25) is 0 Å². The molecule has 0 spiro atoms. The van der Waals surface area contributed by atoms with Crippen LogP contribution in [0, 0.1) is 0 Å². The lowest BCUT2D eigenvalue weighted by molar-refractivity contribution is 0.410. The van der Waals surface area contributed by atoms with E-state index in [0.29, 0.717) is 41.7 Å². The number of ether oxygens (including phenoxy) is 1. The molecule has 1 saturated heterocycles. The number of hydrogen-bond acceptors (Lipinski definition) is 6. The number of rotatable bonds is 6. The van der Waals surface area contributed by atoms with E-state index < -0.39 is 9.84 Å². The molecule has 0 saturated carbocycles. The van der Waals surface area contributed by atoms with Crippen molar-refractivity contribution in [2.24, 2.45) is 0 Å². The van der Waals surface area contributed by atoms with Crippen molar-refractivity contribution in [1.82, 2.24) is 4.98 Å². The highest BCUT2D eigenvalue weighted by Crippen LogP contribution is 2.32. The lowest BCUT2D eigenvalue weighted by Gasteiger charge is -2.31. The third-order valence-corrected chi connectivity index (χ3v) is 9.62. The molecule has 0 bridgehead atoms. The molecule has 8 heteroatoms. The highest BCUT2D eigenvalue weighted by Gasteiger charge is 2.33. The molecular formula is C22H23BrN2O3S2. The Balaban J connectivity index is 1.42. The van der Waals surface area contributed by atoms with Crippen LogP contribution in [0.3, 0.4) is 0 Å². The molecule has 0 unspecified atom stereocenters. The summed E-state index contributed by atoms with van der Waals surface area (Å²) < 4.78 is 32.2. The molecule has 1 aliphatic heterocycles. The van der Waals surface area contributed by atoms with Crippen molar-refractivity contribution < 1.29 is 13.2 Å². The molecule has 0 N–H and O–H groups in total. The number of hydrogen-bond donors (Lipinski definition) is 0. The summed E-state index contributed by atoms with van der Waals surface area (Å²) >= 11 is 4.99. The molecule has 1 aliphatic rings. The third kappa shape index (κ3) is 4.40. The van der Waals surface area contributed by atoms with Gasteiger partial charge in [-0.25, -0.2) is 13.4 Å². The van der Waals surface area contributed by atoms with E-state index in [0.717, 1.165) is 22.1 Å². The average molecular weight is 507 g/mol. The van der Waals surface area contributed by atoms with Crippen LogP contribution in [0.5, 0.6) is 5.75 Å². The molecule has 30 heavy (non-hydrogen) atoms. The van der Waals surface area contributed by atoms with E-state index in [-0.39, 0.29) is 5.25 Å². The maximum Gasteiger partial charge on any atom is 0.185 e. The van der Waals surface area contributed by atoms with Crippen molar-refractivity contribution in [2.75, 3.05) is 25.1 Å². The number of para-hydroxylation sites is 1. The van der Waals surface area contributed by atoms with Crippen molar-refractivity contribution in [1.29, 1.82) is 0 Å². The van der Waals surface area contributed by atoms with E-state index in [1.54, 1.807) is 36.6 Å². The van der Waals surface area contributed by atoms with Gasteiger partial charge in [-0.15, -0.1) is 11.3 Å². The molecular weight excluding hydrogens is 484 g/mol. The smallest absolute Gasteiger partial charge is 0.185 e. The Labute approximate surface area is 189 Å². The fraction of sp³-hybridized carbons (Fsp3) is 0.318. The Morgan fingerprint density at radius 2 is 1.83 bits per heavy atom. The van der Waals surface area contributed by atoms with Crippen molar-refractivity contribution in [3.05, 3.63) is 69.6 Å². The summed E-state index contributed by atoms with van der Waals surface area (Å²) in [5, 5.41) is 2.67. The molecule has 0 atom stereocenters. The minimum Gasteiger partial charge on any atom is -0.496 e. The largest absolute Gasteiger partial charge is 0.496 e. The molecule has 1 aromatic heterocycles. The van der Waals surface area contributed by atoms with Crippen LogP contribution in [0.4, 0.5) is 5.13 Å². The second kappa shape index (κ2) is 9.08. The van der Waals surface area contributed by atoms with Gasteiger partial charge in [0.1, 0.15) is 5.75 Å². The fourth-order valence-electron chi connectivity index (χ4n) is 3.78. The maximum atomic E-state index is 13.0. The first-order chi connectivity index (χ1) is 14.5. The first-order valence-corrected chi connectivity index (χ1v) is 13.0. The number of piperidine rings is 1. The van der Waals surface area contributed by atoms with Crippen molar-refractivity contribution in [2.45, 2.75) is 29.4 Å². The van der Waals surface area contributed by atoms with Crippen molar-refractivity contribution in [3.63, 3.8) is 0 Å². The number of anilines is 1. The molecule has 1 fully saturated rings. The number of aromatic nitrogens is 1. The van der Waals surface area contributed by atoms with E-state index >= 15 is 0 Å². The first-order valence-electron chi connectivity index (χ1n) is 9.78. The average Bonchev–Trinajstić information content (AvgIpc) is 3.23. The summed E-state index contributed by atoms with van der Waals surface area (Å²) in [4.78, 5) is 7.38. The van der Waals surface area contributed by atoms with Crippen LogP contribution in [0.15, 0.2) is 63.3 Å². The minimum atomic E-state index is -3.35. The van der Waals surface area contributed by atoms with E-state index in [2.05, 4.69) is 32.3 Å². The maximum absolute atomic E-state index is 13.0. The zero-order chi connectivity index (χ0) is 21.1. The number of sulfone groups is 1. The number of thiazole rings is 1. The van der Waals surface area contributed by atoms with Crippen LogP contribution in [0.25, 0.3) is 0 Å². The molecule has 3 aromatic rings. The second-order valence-corrected chi connectivity index (χ2v) is 11.2. The predicted molar refractivity (Wildman–Crippen MR) is 124 cm³/mol. The monoisotopic (exact) mass is 506 g/mol. The SMILES string of the molecule is COc1ccccc1Cc1csc(N2CCC(S(=O)(=O)c3ccccc3Br)CC2)n1. The van der Waals surface area contributed by atoms with Crippen molar-refractivity contribution >= 4 is 42.2 Å². The summed E-state index contributed by atoms with van der Waals surface area (Å²) in [6.45, 7) is 1.38. The normalized spacial score (nSPS) is 15.3. The van der Waals surface area contributed by atoms with Crippen LogP contribution in [-0.2, 0) is 16.3 Å². The molecule has 4 rings (SSSR count). The predicted octanol–water partition coefficient (Wildman–Crippen LogP) is 4.95. The van der Waals surface area contributed by atoms with Gasteiger partial charge in [0, 0.05) is 34.9 Å². The molecule has 0 aliphatic carbocycles. The summed E-state index contributed by atoms with van der Waals surface area (Å²) in [5.74, 6) is 0.866. The third-order valence-electron chi connectivity index (χ3n) is 5.40. The molecule has 2 aromatic carbocycles. The minimum absolute atomic E-state index is 0.361. The molecule has 158 valence electrons. The van der Waals surface area contributed by atoms with Gasteiger partial charge in [-0.1, -0.05) is 30.3 Å². The van der Waals surface area contributed by atoms with Gasteiger partial charge >= 0.3 is 0 Å². The van der Waals surface area contributed by atoms with E-state index in [9.17, 15) is 8.42 Å². The van der Waals surface area contributed by atoms with Gasteiger partial charge in [-0.2, -0.15) is 0 Å². The molecule has 5 nitrogen and oxygen atoms in total. The summed E-state index contributed by atoms with van der Waals surface area (Å²) in [5.41, 5.74) is 2.11. The Morgan fingerprint density at radius 1 is 1.13 bits per heavy atom. The van der Waals surface area contributed by atoms with E-state index in [1.807, 2.05) is 24.3 Å². The van der Waals surface area contributed by atoms with Gasteiger partial charge in [0.05, 0.1) is 22.9 Å². The summed E-state index contributed by atoms with van der Waals surface area (Å²) in [7, 11) is -1.67. The van der Waals surface area contributed by atoms with Gasteiger partial charge in [-0.05, 0) is 47.0 Å². The first kappa shape index (κ1) is 21.3. The Kier molecular flexibility index (Phi) is 6.46. The van der Waals surface area contributed by atoms with Gasteiger partial charge in [0.25, 0.3) is 0 Å². The Morgan fingerprint density at radius 3 is 2.57 bits per heavy atom. The Hall–Kier alpha value is -1.90. The zero-order valence-electron chi connectivity index (χ0n) is 16.6. The summed E-state index contributed by atoms with van der Waals surface area (Å²) in [6.07, 6.45) is 1.92. The lowest BCUT2D eigenvalue weighted by Crippen LogP contribution is -2.39. The quantitative estimate of drug-likeness (QED) is 0.473. The van der Waals surface area contributed by atoms with Crippen molar-refractivity contribution in [3.8, 4) is 5.75 Å². The zero-order valence-corrected chi connectivity index (χ0v) is 19.8. The Bertz CT molecular complexity index is 1120. The standard InChI is InChI=1S/C22H23BrN2O3S2/c1-28-20-8-4-2-6-16(20)14-17-15-29-22(24-17)25-12-10-18(11-13-25)30(26,27)21-9-5-3-7-19(21)23/h2-9,15,18H,10-14H2,1H3. The van der Waals surface area contributed by atoms with Crippen LogP contribution in [0.2, 0.25) is 0 Å². The number of methoxy groups -OCH3 is 1. The van der Waals surface area contributed by atoms with E-state index in [4.69, 9.17) is 9.72 Å². The fourth-order valence-corrected chi connectivity index (χ4v) is 7.42. The van der Waals surface area contributed by atoms with Gasteiger partial charge in [0.15, 0.2) is 15.0 Å². The molecule has 0 radical (unpaired) electrons. The highest BCUT2D eigenvalue weighted by atomic mass is 79.9. The number of benzene rings is 2. The second-order valence-electron chi connectivity index (χ2n) is 7.27. The van der Waals surface area contributed by atoms with Gasteiger partial charge < -0.3 is 9.64 Å². The van der Waals surface area contributed by atoms with Gasteiger partial charge in [0.2, 0.25) is 0 Å². The van der Waals surface area contributed by atoms with Crippen LogP contribution in [-0.4, -0.2) is 38.9 Å². The number of halogens is 1. The van der Waals surface area contributed by atoms with E-state index in [1.165, 1.54) is 0 Å². The van der Waals surface area contributed by atoms with Crippen LogP contribution >= 0.6 is 27.3 Å². The molecule has 0 amide bonds. The van der Waals surface area contributed by atoms with Crippen LogP contribution < -0.4 is 9.64 Å². The summed E-state index contributed by atoms with van der Waals surface area (Å²) in [6, 6.07) is 15.0. The number of nitrogens with zero attached hydrogens (tertiary/aromatic N) is 2.